The van der Waals surface area contributed by atoms with Crippen LogP contribution in [0.3, 0.4) is 0 Å². The molecule has 0 spiro atoms. The van der Waals surface area contributed by atoms with Crippen molar-refractivity contribution in [2.24, 2.45) is 5.92 Å². The number of rotatable bonds is 7. The normalized spacial score (nSPS) is 14.3. The Morgan fingerprint density at radius 2 is 1.96 bits per heavy atom. The molecule has 0 saturated heterocycles. The topological polar surface area (TPSA) is 99.0 Å². The molecular formula is C20H19N5O3. The SMILES string of the molecule is O=C(COC(=O)c1cccc(-n2cnnn2)c1)N[C@@H](c1ccccc1)C1CC1. The van der Waals surface area contributed by atoms with E-state index < -0.39 is 5.97 Å². The zero-order valence-electron chi connectivity index (χ0n) is 15.1. The predicted molar refractivity (Wildman–Crippen MR) is 99.5 cm³/mol. The van der Waals surface area contributed by atoms with Crippen molar-refractivity contribution in [3.63, 3.8) is 0 Å². The van der Waals surface area contributed by atoms with Gasteiger partial charge < -0.3 is 10.1 Å². The Morgan fingerprint density at radius 3 is 2.68 bits per heavy atom. The number of amides is 1. The third-order valence-electron chi connectivity index (χ3n) is 4.60. The van der Waals surface area contributed by atoms with Crippen LogP contribution >= 0.6 is 0 Å². The maximum absolute atomic E-state index is 12.3. The smallest absolute Gasteiger partial charge is 0.338 e. The highest BCUT2D eigenvalue weighted by molar-refractivity contribution is 5.91. The molecule has 4 rings (SSSR count). The fourth-order valence-electron chi connectivity index (χ4n) is 3.05. The summed E-state index contributed by atoms with van der Waals surface area (Å²) in [5.74, 6) is -0.450. The van der Waals surface area contributed by atoms with Crippen LogP contribution in [0.2, 0.25) is 0 Å². The Kier molecular flexibility index (Phi) is 5.09. The summed E-state index contributed by atoms with van der Waals surface area (Å²) in [6, 6.07) is 16.5. The number of benzene rings is 2. The predicted octanol–water partition coefficient (Wildman–Crippen LogP) is 2.09. The lowest BCUT2D eigenvalue weighted by molar-refractivity contribution is -0.125. The molecule has 142 valence electrons. The molecule has 0 unspecified atom stereocenters. The summed E-state index contributed by atoms with van der Waals surface area (Å²) in [6.45, 7) is -0.329. The van der Waals surface area contributed by atoms with Crippen molar-refractivity contribution in [2.45, 2.75) is 18.9 Å². The Labute approximate surface area is 161 Å². The second-order valence-electron chi connectivity index (χ2n) is 6.67. The molecule has 1 fully saturated rings. The minimum absolute atomic E-state index is 0.0458. The zero-order chi connectivity index (χ0) is 19.3. The lowest BCUT2D eigenvalue weighted by Gasteiger charge is -2.18. The van der Waals surface area contributed by atoms with E-state index in [4.69, 9.17) is 4.74 Å². The Hall–Kier alpha value is -3.55. The first-order valence-electron chi connectivity index (χ1n) is 9.05. The van der Waals surface area contributed by atoms with Crippen LogP contribution in [0.25, 0.3) is 5.69 Å². The van der Waals surface area contributed by atoms with Gasteiger partial charge in [-0.05, 0) is 52.9 Å². The molecule has 1 aliphatic carbocycles. The third kappa shape index (κ3) is 4.22. The van der Waals surface area contributed by atoms with Gasteiger partial charge in [-0.15, -0.1) is 5.10 Å². The van der Waals surface area contributed by atoms with Crippen LogP contribution in [-0.2, 0) is 9.53 Å². The minimum atomic E-state index is -0.576. The molecule has 8 nitrogen and oxygen atoms in total. The van der Waals surface area contributed by atoms with E-state index >= 15 is 0 Å². The van der Waals surface area contributed by atoms with Gasteiger partial charge in [0.05, 0.1) is 17.3 Å². The fourth-order valence-corrected chi connectivity index (χ4v) is 3.05. The monoisotopic (exact) mass is 377 g/mol. The van der Waals surface area contributed by atoms with E-state index in [-0.39, 0.29) is 18.6 Å². The summed E-state index contributed by atoms with van der Waals surface area (Å²) in [7, 11) is 0. The van der Waals surface area contributed by atoms with Crippen molar-refractivity contribution in [3.05, 3.63) is 72.1 Å². The van der Waals surface area contributed by atoms with Crippen molar-refractivity contribution in [1.29, 1.82) is 0 Å². The number of nitrogens with zero attached hydrogens (tertiary/aromatic N) is 4. The lowest BCUT2D eigenvalue weighted by Crippen LogP contribution is -2.33. The quantitative estimate of drug-likeness (QED) is 0.633. The van der Waals surface area contributed by atoms with Crippen LogP contribution < -0.4 is 5.32 Å². The van der Waals surface area contributed by atoms with E-state index in [0.29, 0.717) is 17.2 Å². The van der Waals surface area contributed by atoms with Gasteiger partial charge in [-0.2, -0.15) is 0 Å². The van der Waals surface area contributed by atoms with Crippen molar-refractivity contribution < 1.29 is 14.3 Å². The Bertz CT molecular complexity index is 955. The molecule has 1 aliphatic rings. The summed E-state index contributed by atoms with van der Waals surface area (Å²) < 4.78 is 6.62. The van der Waals surface area contributed by atoms with Gasteiger partial charge >= 0.3 is 5.97 Å². The second-order valence-corrected chi connectivity index (χ2v) is 6.67. The molecule has 1 amide bonds. The van der Waals surface area contributed by atoms with Crippen molar-refractivity contribution in [2.75, 3.05) is 6.61 Å². The molecular weight excluding hydrogens is 358 g/mol. The molecule has 0 bridgehead atoms. The zero-order valence-corrected chi connectivity index (χ0v) is 15.1. The van der Waals surface area contributed by atoms with Gasteiger partial charge in [-0.25, -0.2) is 9.48 Å². The number of aromatic nitrogens is 4. The van der Waals surface area contributed by atoms with Crippen LogP contribution in [0.5, 0.6) is 0 Å². The van der Waals surface area contributed by atoms with Gasteiger partial charge in [0, 0.05) is 0 Å². The summed E-state index contributed by atoms with van der Waals surface area (Å²) >= 11 is 0. The molecule has 28 heavy (non-hydrogen) atoms. The Balaban J connectivity index is 1.35. The molecule has 1 heterocycles. The molecule has 1 atom stereocenters. The van der Waals surface area contributed by atoms with Gasteiger partial charge in [-0.3, -0.25) is 4.79 Å². The van der Waals surface area contributed by atoms with Gasteiger partial charge in [0.15, 0.2) is 6.61 Å². The van der Waals surface area contributed by atoms with Gasteiger partial charge in [0.2, 0.25) is 0 Å². The first kappa shape index (κ1) is 17.8. The number of nitrogens with one attached hydrogen (secondary N) is 1. The lowest BCUT2D eigenvalue weighted by atomic mass is 10.0. The van der Waals surface area contributed by atoms with E-state index in [9.17, 15) is 9.59 Å². The molecule has 0 aliphatic heterocycles. The summed E-state index contributed by atoms with van der Waals surface area (Å²) in [6.07, 6.45) is 3.60. The van der Waals surface area contributed by atoms with Gasteiger partial charge in [0.25, 0.3) is 5.91 Å². The maximum Gasteiger partial charge on any atom is 0.338 e. The third-order valence-corrected chi connectivity index (χ3v) is 4.60. The molecule has 8 heteroatoms. The van der Waals surface area contributed by atoms with E-state index in [2.05, 4.69) is 20.8 Å². The fraction of sp³-hybridized carbons (Fsp3) is 0.250. The standard InChI is InChI=1S/C20H19N5O3/c26-18(22-19(15-9-10-15)14-5-2-1-3-6-14)12-28-20(27)16-7-4-8-17(11-16)25-13-21-23-24-25/h1-8,11,13,15,19H,9-10,12H2,(H,22,26)/t19-/m0/s1. The maximum atomic E-state index is 12.3. The van der Waals surface area contributed by atoms with Crippen molar-refractivity contribution >= 4 is 11.9 Å². The summed E-state index contributed by atoms with van der Waals surface area (Å²) in [5, 5.41) is 13.9. The molecule has 1 aromatic heterocycles. The van der Waals surface area contributed by atoms with Crippen LogP contribution in [0.1, 0.15) is 34.8 Å². The highest BCUT2D eigenvalue weighted by atomic mass is 16.5. The number of hydrogen-bond acceptors (Lipinski definition) is 6. The van der Waals surface area contributed by atoms with Crippen molar-refractivity contribution in [1.82, 2.24) is 25.5 Å². The minimum Gasteiger partial charge on any atom is -0.452 e. The second kappa shape index (κ2) is 7.99. The number of esters is 1. The molecule has 0 radical (unpaired) electrons. The van der Waals surface area contributed by atoms with Crippen LogP contribution in [-0.4, -0.2) is 38.7 Å². The van der Waals surface area contributed by atoms with Crippen molar-refractivity contribution in [3.8, 4) is 5.69 Å². The van der Waals surface area contributed by atoms with Crippen LogP contribution in [0.15, 0.2) is 60.9 Å². The van der Waals surface area contributed by atoms with E-state index in [0.717, 1.165) is 18.4 Å². The average molecular weight is 377 g/mol. The first-order valence-corrected chi connectivity index (χ1v) is 9.05. The molecule has 2 aromatic carbocycles. The number of carbonyl (C=O) groups is 2. The van der Waals surface area contributed by atoms with Crippen LogP contribution in [0.4, 0.5) is 0 Å². The number of carbonyl (C=O) groups excluding carboxylic acids is 2. The number of hydrogen-bond donors (Lipinski definition) is 1. The molecule has 3 aromatic rings. The average Bonchev–Trinajstić information content (AvgIpc) is 3.43. The Morgan fingerprint density at radius 1 is 1.14 bits per heavy atom. The molecule has 1 saturated carbocycles. The number of tetrazole rings is 1. The number of ether oxygens (including phenoxy) is 1. The first-order chi connectivity index (χ1) is 13.7. The van der Waals surface area contributed by atoms with Gasteiger partial charge in [-0.1, -0.05) is 36.4 Å². The van der Waals surface area contributed by atoms with E-state index in [1.165, 1.54) is 11.0 Å². The summed E-state index contributed by atoms with van der Waals surface area (Å²) in [5.41, 5.74) is 2.02. The van der Waals surface area contributed by atoms with E-state index in [1.807, 2.05) is 30.3 Å². The van der Waals surface area contributed by atoms with Crippen LogP contribution in [0, 0.1) is 5.92 Å². The highest BCUT2D eigenvalue weighted by Gasteiger charge is 2.33. The molecule has 1 N–H and O–H groups in total. The van der Waals surface area contributed by atoms with E-state index in [1.54, 1.807) is 24.3 Å². The largest absolute Gasteiger partial charge is 0.452 e. The highest BCUT2D eigenvalue weighted by Crippen LogP contribution is 2.40. The summed E-state index contributed by atoms with van der Waals surface area (Å²) in [4.78, 5) is 24.6. The van der Waals surface area contributed by atoms with Gasteiger partial charge in [0.1, 0.15) is 6.33 Å².